The summed E-state index contributed by atoms with van der Waals surface area (Å²) >= 11 is 6.63. The summed E-state index contributed by atoms with van der Waals surface area (Å²) in [6.45, 7) is 4.23. The molecular weight excluding hydrogens is 336 g/mol. The molecular formula is C19H25ClN4O. The van der Waals surface area contributed by atoms with E-state index < -0.39 is 0 Å². The molecule has 1 aliphatic heterocycles. The minimum atomic E-state index is -0.0528. The molecule has 2 aromatic rings. The zero-order valence-electron chi connectivity index (χ0n) is 15.1. The second-order valence-electron chi connectivity index (χ2n) is 6.86. The van der Waals surface area contributed by atoms with Gasteiger partial charge in [-0.1, -0.05) is 41.9 Å². The molecule has 1 unspecified atom stereocenters. The number of aromatic nitrogens is 2. The van der Waals surface area contributed by atoms with Crippen LogP contribution in [0.4, 0.5) is 0 Å². The average Bonchev–Trinajstić information content (AvgIpc) is 3.15. The highest BCUT2D eigenvalue weighted by Gasteiger charge is 2.32. The van der Waals surface area contributed by atoms with Crippen LogP contribution in [0, 0.1) is 6.92 Å². The van der Waals surface area contributed by atoms with Gasteiger partial charge in [0.1, 0.15) is 5.15 Å². The lowest BCUT2D eigenvalue weighted by molar-refractivity contribution is -0.133. The predicted octanol–water partition coefficient (Wildman–Crippen LogP) is 2.95. The summed E-state index contributed by atoms with van der Waals surface area (Å²) < 4.78 is 1.85. The summed E-state index contributed by atoms with van der Waals surface area (Å²) in [5.74, 6) is 0.169. The van der Waals surface area contributed by atoms with Crippen LogP contribution in [-0.4, -0.2) is 52.2 Å². The van der Waals surface area contributed by atoms with Crippen LogP contribution in [-0.2, 0) is 17.9 Å². The van der Waals surface area contributed by atoms with Gasteiger partial charge in [0.15, 0.2) is 0 Å². The number of hydrogen-bond donors (Lipinski definition) is 0. The highest BCUT2D eigenvalue weighted by Crippen LogP contribution is 2.27. The van der Waals surface area contributed by atoms with Crippen molar-refractivity contribution in [3.05, 3.63) is 52.3 Å². The van der Waals surface area contributed by atoms with Gasteiger partial charge in [-0.3, -0.25) is 9.69 Å². The number of likely N-dealkylation sites (N-methyl/N-ethyl adjacent to an activating group) is 1. The van der Waals surface area contributed by atoms with Crippen molar-refractivity contribution < 1.29 is 4.79 Å². The van der Waals surface area contributed by atoms with E-state index in [2.05, 4.69) is 22.1 Å². The fourth-order valence-electron chi connectivity index (χ4n) is 3.43. The van der Waals surface area contributed by atoms with Crippen molar-refractivity contribution in [2.45, 2.75) is 38.9 Å². The molecule has 1 aromatic heterocycles. The smallest absolute Gasteiger partial charge is 0.239 e. The Hall–Kier alpha value is -1.85. The molecule has 0 saturated carbocycles. The maximum absolute atomic E-state index is 12.4. The molecule has 1 aliphatic rings. The van der Waals surface area contributed by atoms with E-state index >= 15 is 0 Å². The van der Waals surface area contributed by atoms with Gasteiger partial charge in [0, 0.05) is 26.2 Å². The van der Waals surface area contributed by atoms with Gasteiger partial charge in [-0.25, -0.2) is 4.68 Å². The van der Waals surface area contributed by atoms with Crippen LogP contribution in [0.2, 0.25) is 5.15 Å². The Balaban J connectivity index is 1.78. The third-order valence-corrected chi connectivity index (χ3v) is 5.23. The van der Waals surface area contributed by atoms with Gasteiger partial charge in [0.2, 0.25) is 5.91 Å². The molecule has 25 heavy (non-hydrogen) atoms. The molecule has 1 aromatic carbocycles. The largest absolute Gasteiger partial charge is 0.347 e. The summed E-state index contributed by atoms with van der Waals surface area (Å²) in [5.41, 5.74) is 3.13. The van der Waals surface area contributed by atoms with Gasteiger partial charge >= 0.3 is 0 Å². The Morgan fingerprint density at radius 2 is 2.00 bits per heavy atom. The van der Waals surface area contributed by atoms with Crippen LogP contribution in [0.25, 0.3) is 0 Å². The number of aryl methyl sites for hydroxylation is 1. The summed E-state index contributed by atoms with van der Waals surface area (Å²) in [6, 6.07) is 10.1. The van der Waals surface area contributed by atoms with E-state index in [4.69, 9.17) is 11.6 Å². The summed E-state index contributed by atoms with van der Waals surface area (Å²) in [5, 5.41) is 5.29. The van der Waals surface area contributed by atoms with Gasteiger partial charge in [-0.05, 0) is 31.9 Å². The number of hydrogen-bond acceptors (Lipinski definition) is 3. The van der Waals surface area contributed by atoms with E-state index in [9.17, 15) is 4.79 Å². The normalized spacial score (nSPS) is 17.8. The maximum Gasteiger partial charge on any atom is 0.239 e. The zero-order valence-corrected chi connectivity index (χ0v) is 15.8. The van der Waals surface area contributed by atoms with Crippen LogP contribution in [0.1, 0.15) is 29.7 Å². The summed E-state index contributed by atoms with van der Waals surface area (Å²) in [4.78, 5) is 16.3. The van der Waals surface area contributed by atoms with Gasteiger partial charge in [0.05, 0.1) is 18.3 Å². The molecule has 3 rings (SSSR count). The van der Waals surface area contributed by atoms with Gasteiger partial charge in [0.25, 0.3) is 0 Å². The molecule has 134 valence electrons. The van der Waals surface area contributed by atoms with Crippen LogP contribution >= 0.6 is 11.6 Å². The molecule has 1 fully saturated rings. The Morgan fingerprint density at radius 1 is 1.28 bits per heavy atom. The summed E-state index contributed by atoms with van der Waals surface area (Å²) in [6.07, 6.45) is 1.95. The standard InChI is InChI=1S/C19H25ClN4O/c1-14-16(13-23-11-7-10-17(23)19(25)22(2)3)18(20)24(21-14)12-15-8-5-4-6-9-15/h4-6,8-9,17H,7,10-13H2,1-3H3. The monoisotopic (exact) mass is 360 g/mol. The van der Waals surface area contributed by atoms with Crippen LogP contribution in [0.3, 0.4) is 0 Å². The van der Waals surface area contributed by atoms with Crippen LogP contribution in [0.15, 0.2) is 30.3 Å². The number of benzene rings is 1. The molecule has 0 aliphatic carbocycles. The average molecular weight is 361 g/mol. The molecule has 0 radical (unpaired) electrons. The lowest BCUT2D eigenvalue weighted by atomic mass is 10.2. The molecule has 1 atom stereocenters. The van der Waals surface area contributed by atoms with E-state index in [-0.39, 0.29) is 11.9 Å². The number of carbonyl (C=O) groups is 1. The van der Waals surface area contributed by atoms with E-state index in [1.54, 1.807) is 4.90 Å². The van der Waals surface area contributed by atoms with Crippen molar-refractivity contribution in [1.82, 2.24) is 19.6 Å². The number of halogens is 1. The van der Waals surface area contributed by atoms with Crippen molar-refractivity contribution in [1.29, 1.82) is 0 Å². The van der Waals surface area contributed by atoms with Crippen LogP contribution in [0.5, 0.6) is 0 Å². The topological polar surface area (TPSA) is 41.4 Å². The third kappa shape index (κ3) is 3.88. The number of amides is 1. The zero-order chi connectivity index (χ0) is 18.0. The fraction of sp³-hybridized carbons (Fsp3) is 0.474. The van der Waals surface area contributed by atoms with Crippen LogP contribution < -0.4 is 0 Å². The van der Waals surface area contributed by atoms with Crippen molar-refractivity contribution >= 4 is 17.5 Å². The Bertz CT molecular complexity index is 741. The molecule has 2 heterocycles. The van der Waals surface area contributed by atoms with Gasteiger partial charge in [-0.2, -0.15) is 5.10 Å². The first-order valence-electron chi connectivity index (χ1n) is 8.68. The minimum Gasteiger partial charge on any atom is -0.347 e. The Labute approximate surface area is 154 Å². The van der Waals surface area contributed by atoms with Gasteiger partial charge in [-0.15, -0.1) is 0 Å². The minimum absolute atomic E-state index is 0.0528. The van der Waals surface area contributed by atoms with E-state index in [1.165, 1.54) is 5.56 Å². The molecule has 5 nitrogen and oxygen atoms in total. The molecule has 1 saturated heterocycles. The van der Waals surface area contributed by atoms with Crippen molar-refractivity contribution in [2.24, 2.45) is 0 Å². The number of rotatable bonds is 5. The lowest BCUT2D eigenvalue weighted by Gasteiger charge is -2.26. The van der Waals surface area contributed by atoms with Crippen molar-refractivity contribution in [3.63, 3.8) is 0 Å². The number of likely N-dealkylation sites (tertiary alicyclic amines) is 1. The van der Waals surface area contributed by atoms with Crippen molar-refractivity contribution in [3.8, 4) is 0 Å². The molecule has 0 spiro atoms. The van der Waals surface area contributed by atoms with E-state index in [1.807, 2.05) is 43.9 Å². The summed E-state index contributed by atoms with van der Waals surface area (Å²) in [7, 11) is 3.63. The molecule has 0 N–H and O–H groups in total. The van der Waals surface area contributed by atoms with Crippen molar-refractivity contribution in [2.75, 3.05) is 20.6 Å². The maximum atomic E-state index is 12.4. The fourth-order valence-corrected chi connectivity index (χ4v) is 3.72. The second-order valence-corrected chi connectivity index (χ2v) is 7.22. The predicted molar refractivity (Wildman–Crippen MR) is 99.6 cm³/mol. The Kier molecular flexibility index (Phi) is 5.45. The van der Waals surface area contributed by atoms with E-state index in [0.29, 0.717) is 18.2 Å². The quantitative estimate of drug-likeness (QED) is 0.823. The lowest BCUT2D eigenvalue weighted by Crippen LogP contribution is -2.42. The number of nitrogens with zero attached hydrogens (tertiary/aromatic N) is 4. The first-order valence-corrected chi connectivity index (χ1v) is 9.06. The third-order valence-electron chi connectivity index (χ3n) is 4.81. The first-order chi connectivity index (χ1) is 12.0. The molecule has 6 heteroatoms. The number of carbonyl (C=O) groups excluding carboxylic acids is 1. The highest BCUT2D eigenvalue weighted by molar-refractivity contribution is 6.30. The molecule has 0 bridgehead atoms. The Morgan fingerprint density at radius 3 is 2.68 bits per heavy atom. The van der Waals surface area contributed by atoms with Gasteiger partial charge < -0.3 is 4.90 Å². The molecule has 1 amide bonds. The first kappa shape index (κ1) is 18.0. The highest BCUT2D eigenvalue weighted by atomic mass is 35.5. The SMILES string of the molecule is Cc1nn(Cc2ccccc2)c(Cl)c1CN1CCCC1C(=O)N(C)C. The second kappa shape index (κ2) is 7.58. The van der Waals surface area contributed by atoms with E-state index in [0.717, 1.165) is 30.6 Å².